The van der Waals surface area contributed by atoms with E-state index in [1.54, 1.807) is 41.5 Å². The van der Waals surface area contributed by atoms with Gasteiger partial charge < -0.3 is 51.4 Å². The van der Waals surface area contributed by atoms with Gasteiger partial charge >= 0.3 is 0 Å². The molecular formula is C20H45N3O7. The summed E-state index contributed by atoms with van der Waals surface area (Å²) in [5.41, 5.74) is 3.91. The van der Waals surface area contributed by atoms with Crippen molar-refractivity contribution in [3.63, 3.8) is 0 Å². The van der Waals surface area contributed by atoms with Crippen molar-refractivity contribution in [2.45, 2.75) is 82.6 Å². The molecule has 0 aliphatic carbocycles. The normalized spacial score (nSPS) is 22.8. The Morgan fingerprint density at radius 1 is 0.767 bits per heavy atom. The number of rotatable bonds is 11. The van der Waals surface area contributed by atoms with Crippen molar-refractivity contribution in [2.75, 3.05) is 46.1 Å². The van der Waals surface area contributed by atoms with Crippen LogP contribution in [-0.4, -0.2) is 113 Å². The molecule has 0 aromatic rings. The van der Waals surface area contributed by atoms with Gasteiger partial charge in [0, 0.05) is 29.7 Å². The van der Waals surface area contributed by atoms with E-state index >= 15 is 0 Å². The third kappa shape index (κ3) is 16.3. The quantitative estimate of drug-likeness (QED) is 0.167. The summed E-state index contributed by atoms with van der Waals surface area (Å²) >= 11 is 0. The number of β-amino-alcohol motifs (C(OH)–C–C–N with tert-alkyl or cyclic N) is 2. The van der Waals surface area contributed by atoms with Crippen LogP contribution in [0.4, 0.5) is 0 Å². The molecule has 0 spiro atoms. The molecule has 30 heavy (non-hydrogen) atoms. The molecule has 2 rings (SSSR count). The Labute approximate surface area is 180 Å². The summed E-state index contributed by atoms with van der Waals surface area (Å²) in [6.45, 7) is 13.0. The SMILES string of the molecule is C1OC1C1CO1.CC(C)(CO)NCC(O)C(O)CNC(C)(C)CO.CC(C)(N)CO. The fourth-order valence-corrected chi connectivity index (χ4v) is 1.69. The van der Waals surface area contributed by atoms with Gasteiger partial charge in [-0.25, -0.2) is 0 Å². The Kier molecular flexibility index (Phi) is 13.0. The zero-order valence-electron chi connectivity index (χ0n) is 19.4. The third-order valence-electron chi connectivity index (χ3n) is 4.35. The highest BCUT2D eigenvalue weighted by Gasteiger charge is 2.41. The molecule has 182 valence electrons. The van der Waals surface area contributed by atoms with E-state index in [0.29, 0.717) is 12.2 Å². The number of nitrogens with two attached hydrogens (primary N) is 1. The maximum Gasteiger partial charge on any atom is 0.109 e. The zero-order valence-corrected chi connectivity index (χ0v) is 19.4. The Bertz CT molecular complexity index is 416. The minimum absolute atomic E-state index is 0.0486. The third-order valence-corrected chi connectivity index (χ3v) is 4.35. The van der Waals surface area contributed by atoms with Gasteiger partial charge in [-0.1, -0.05) is 0 Å². The number of epoxide rings is 2. The molecule has 10 nitrogen and oxygen atoms in total. The molecular weight excluding hydrogens is 394 g/mol. The molecule has 0 amide bonds. The maximum atomic E-state index is 9.75. The lowest BCUT2D eigenvalue weighted by Gasteiger charge is -2.29. The van der Waals surface area contributed by atoms with Crippen molar-refractivity contribution in [2.24, 2.45) is 5.73 Å². The molecule has 10 heteroatoms. The molecule has 0 saturated carbocycles. The van der Waals surface area contributed by atoms with Crippen LogP contribution in [0.3, 0.4) is 0 Å². The van der Waals surface area contributed by atoms with Crippen LogP contribution in [0.25, 0.3) is 0 Å². The largest absolute Gasteiger partial charge is 0.394 e. The van der Waals surface area contributed by atoms with E-state index in [2.05, 4.69) is 10.6 Å². The summed E-state index contributed by atoms with van der Waals surface area (Å²) < 4.78 is 9.81. The first-order chi connectivity index (χ1) is 13.7. The van der Waals surface area contributed by atoms with Crippen LogP contribution in [-0.2, 0) is 9.47 Å². The average Bonchev–Trinajstić information content (AvgIpc) is 3.55. The molecule has 2 saturated heterocycles. The summed E-state index contributed by atoms with van der Waals surface area (Å²) in [4.78, 5) is 0. The summed E-state index contributed by atoms with van der Waals surface area (Å²) in [6.07, 6.45) is -0.884. The van der Waals surface area contributed by atoms with E-state index in [1.165, 1.54) is 0 Å². The van der Waals surface area contributed by atoms with Gasteiger partial charge in [-0.3, -0.25) is 0 Å². The minimum atomic E-state index is -0.933. The van der Waals surface area contributed by atoms with Crippen molar-refractivity contribution in [1.82, 2.24) is 10.6 Å². The number of nitrogens with one attached hydrogen (secondary N) is 2. The van der Waals surface area contributed by atoms with E-state index in [1.807, 2.05) is 0 Å². The molecule has 0 bridgehead atoms. The number of ether oxygens (including phenoxy) is 2. The first-order valence-corrected chi connectivity index (χ1v) is 10.4. The Morgan fingerprint density at radius 2 is 1.03 bits per heavy atom. The van der Waals surface area contributed by atoms with Gasteiger partial charge in [-0.2, -0.15) is 0 Å². The lowest BCUT2D eigenvalue weighted by molar-refractivity contribution is 0.00918. The fourth-order valence-electron chi connectivity index (χ4n) is 1.69. The van der Waals surface area contributed by atoms with E-state index in [9.17, 15) is 10.2 Å². The summed E-state index contributed by atoms with van der Waals surface area (Å²) in [5.74, 6) is 0. The first-order valence-electron chi connectivity index (χ1n) is 10.4. The summed E-state index contributed by atoms with van der Waals surface area (Å²) in [6, 6.07) is 0. The molecule has 2 aliphatic heterocycles. The highest BCUT2D eigenvalue weighted by Crippen LogP contribution is 2.25. The molecule has 0 aromatic carbocycles. The van der Waals surface area contributed by atoms with Crippen LogP contribution in [0.2, 0.25) is 0 Å². The Hall–Kier alpha value is -0.400. The van der Waals surface area contributed by atoms with Crippen molar-refractivity contribution >= 4 is 0 Å². The fraction of sp³-hybridized carbons (Fsp3) is 1.00. The zero-order chi connectivity index (χ0) is 23.6. The Balaban J connectivity index is 0.000000556. The predicted octanol–water partition coefficient (Wildman–Crippen LogP) is -2.07. The molecule has 2 aliphatic rings. The van der Waals surface area contributed by atoms with Gasteiger partial charge in [-0.05, 0) is 41.5 Å². The van der Waals surface area contributed by atoms with Crippen molar-refractivity contribution in [3.8, 4) is 0 Å². The lowest BCUT2D eigenvalue weighted by Crippen LogP contribution is -2.52. The molecule has 0 radical (unpaired) electrons. The molecule has 4 atom stereocenters. The predicted molar refractivity (Wildman–Crippen MR) is 115 cm³/mol. The number of aliphatic hydroxyl groups is 5. The van der Waals surface area contributed by atoms with Crippen LogP contribution < -0.4 is 16.4 Å². The van der Waals surface area contributed by atoms with Crippen LogP contribution in [0, 0.1) is 0 Å². The van der Waals surface area contributed by atoms with Gasteiger partial charge in [0.2, 0.25) is 0 Å². The maximum absolute atomic E-state index is 9.75. The van der Waals surface area contributed by atoms with E-state index < -0.39 is 28.8 Å². The number of hydrogen-bond acceptors (Lipinski definition) is 10. The number of aliphatic hydroxyl groups excluding tert-OH is 5. The summed E-state index contributed by atoms with van der Waals surface area (Å²) in [5, 5.41) is 51.8. The second kappa shape index (κ2) is 13.2. The van der Waals surface area contributed by atoms with Gasteiger partial charge in [0.05, 0.1) is 45.2 Å². The monoisotopic (exact) mass is 439 g/mol. The van der Waals surface area contributed by atoms with Gasteiger partial charge in [0.25, 0.3) is 0 Å². The van der Waals surface area contributed by atoms with Crippen LogP contribution in [0.1, 0.15) is 41.5 Å². The molecule has 9 N–H and O–H groups in total. The van der Waals surface area contributed by atoms with Crippen molar-refractivity contribution in [1.29, 1.82) is 0 Å². The van der Waals surface area contributed by atoms with Gasteiger partial charge in [-0.15, -0.1) is 0 Å². The first kappa shape index (κ1) is 29.6. The van der Waals surface area contributed by atoms with E-state index in [0.717, 1.165) is 13.2 Å². The highest BCUT2D eigenvalue weighted by atomic mass is 16.6. The topological polar surface area (TPSA) is 176 Å². The molecule has 2 heterocycles. The standard InChI is InChI=1S/C12H28N2O4.C4H11NO.C4H6O2/c1-11(2,7-15)13-5-9(17)10(18)6-14-12(3,4)8-16;1-4(2,5)3-6;1-3(5-1)4-2-6-4/h9-10,13-18H,5-8H2,1-4H3;6H,3,5H2,1-2H3;3-4H,1-2H2. The van der Waals surface area contributed by atoms with Crippen molar-refractivity contribution in [3.05, 3.63) is 0 Å². The van der Waals surface area contributed by atoms with Crippen LogP contribution >= 0.6 is 0 Å². The van der Waals surface area contributed by atoms with Crippen LogP contribution in [0.5, 0.6) is 0 Å². The van der Waals surface area contributed by atoms with E-state index in [-0.39, 0.29) is 32.9 Å². The van der Waals surface area contributed by atoms with Gasteiger partial charge in [0.15, 0.2) is 0 Å². The molecule has 4 unspecified atom stereocenters. The number of hydrogen-bond donors (Lipinski definition) is 8. The smallest absolute Gasteiger partial charge is 0.109 e. The average molecular weight is 440 g/mol. The minimum Gasteiger partial charge on any atom is -0.394 e. The summed E-state index contributed by atoms with van der Waals surface area (Å²) in [7, 11) is 0. The highest BCUT2D eigenvalue weighted by molar-refractivity contribution is 4.87. The van der Waals surface area contributed by atoms with Crippen LogP contribution in [0.15, 0.2) is 0 Å². The Morgan fingerprint density at radius 3 is 1.20 bits per heavy atom. The second-order valence-corrected chi connectivity index (χ2v) is 9.87. The molecule has 0 aromatic heterocycles. The van der Waals surface area contributed by atoms with Crippen molar-refractivity contribution < 1.29 is 35.0 Å². The lowest BCUT2D eigenvalue weighted by atomic mass is 10.0. The molecule has 2 fully saturated rings. The second-order valence-electron chi connectivity index (χ2n) is 9.87. The van der Waals surface area contributed by atoms with Gasteiger partial charge in [0.1, 0.15) is 12.2 Å². The van der Waals surface area contributed by atoms with E-state index in [4.69, 9.17) is 30.5 Å².